The van der Waals surface area contributed by atoms with Gasteiger partial charge in [0.2, 0.25) is 0 Å². The summed E-state index contributed by atoms with van der Waals surface area (Å²) in [6.45, 7) is 2.19. The number of halogens is 1. The number of rotatable bonds is 9. The molecule has 0 radical (unpaired) electrons. The maximum Gasteiger partial charge on any atom is 0.338 e. The van der Waals surface area contributed by atoms with Crippen LogP contribution in [0.3, 0.4) is 0 Å². The lowest BCUT2D eigenvalue weighted by Crippen LogP contribution is -2.40. The van der Waals surface area contributed by atoms with Crippen molar-refractivity contribution in [2.45, 2.75) is 24.5 Å². The molecule has 0 amide bonds. The average Bonchev–Trinajstić information content (AvgIpc) is 3.41. The topological polar surface area (TPSA) is 93.7 Å². The molecule has 0 saturated carbocycles. The lowest BCUT2D eigenvalue weighted by Gasteiger charge is -2.26. The molecule has 7 nitrogen and oxygen atoms in total. The van der Waals surface area contributed by atoms with Gasteiger partial charge in [-0.25, -0.2) is 9.79 Å². The number of hydrogen-bond acceptors (Lipinski definition) is 8. The minimum Gasteiger partial charge on any atom is -0.488 e. The average molecular weight is 723 g/mol. The Morgan fingerprint density at radius 2 is 1.81 bits per heavy atom. The highest BCUT2D eigenvalue weighted by atomic mass is 79.9. The number of nitriles is 1. The number of esters is 1. The second-order valence-corrected chi connectivity index (χ2v) is 13.2. The van der Waals surface area contributed by atoms with Gasteiger partial charge in [0, 0.05) is 16.0 Å². The van der Waals surface area contributed by atoms with Crippen LogP contribution in [0.4, 0.5) is 0 Å². The van der Waals surface area contributed by atoms with Crippen LogP contribution in [0.5, 0.6) is 5.75 Å². The van der Waals surface area contributed by atoms with Crippen LogP contribution in [-0.4, -0.2) is 23.4 Å². The van der Waals surface area contributed by atoms with Crippen LogP contribution in [0.1, 0.15) is 40.8 Å². The number of thioether (sulfide) groups is 1. The third-order valence-electron chi connectivity index (χ3n) is 7.58. The van der Waals surface area contributed by atoms with Gasteiger partial charge < -0.3 is 9.47 Å². The lowest BCUT2D eigenvalue weighted by molar-refractivity contribution is -0.138. The van der Waals surface area contributed by atoms with E-state index < -0.39 is 12.0 Å². The van der Waals surface area contributed by atoms with Crippen LogP contribution in [0.15, 0.2) is 122 Å². The van der Waals surface area contributed by atoms with Gasteiger partial charge in [-0.05, 0) is 76.6 Å². The summed E-state index contributed by atoms with van der Waals surface area (Å²) in [6.07, 6.45) is 3.81. The first-order chi connectivity index (χ1) is 22.9. The minimum atomic E-state index is -0.739. The van der Waals surface area contributed by atoms with Gasteiger partial charge in [-0.1, -0.05) is 78.1 Å². The van der Waals surface area contributed by atoms with Gasteiger partial charge in [0.15, 0.2) is 4.80 Å². The summed E-state index contributed by atoms with van der Waals surface area (Å²) in [5.74, 6) is 0.0943. The Kier molecular flexibility index (Phi) is 9.87. The number of thiazole rings is 1. The Balaban J connectivity index is 1.45. The van der Waals surface area contributed by atoms with Crippen molar-refractivity contribution in [2.75, 3.05) is 12.9 Å². The zero-order valence-electron chi connectivity index (χ0n) is 25.5. The zero-order chi connectivity index (χ0) is 32.9. The first kappa shape index (κ1) is 32.3. The van der Waals surface area contributed by atoms with E-state index in [-0.39, 0.29) is 18.8 Å². The normalized spacial score (nSPS) is 14.3. The molecule has 10 heteroatoms. The van der Waals surface area contributed by atoms with Crippen molar-refractivity contribution in [2.24, 2.45) is 4.99 Å². The fourth-order valence-electron chi connectivity index (χ4n) is 5.33. The van der Waals surface area contributed by atoms with Crippen molar-refractivity contribution >= 4 is 56.8 Å². The molecule has 0 spiro atoms. The lowest BCUT2D eigenvalue weighted by atomic mass is 9.93. The van der Waals surface area contributed by atoms with Gasteiger partial charge in [-0.2, -0.15) is 5.26 Å². The Morgan fingerprint density at radius 3 is 2.51 bits per heavy atom. The van der Waals surface area contributed by atoms with Crippen molar-refractivity contribution in [3.63, 3.8) is 0 Å². The third-order valence-corrected chi connectivity index (χ3v) is 9.93. The molecule has 1 atom stereocenters. The van der Waals surface area contributed by atoms with Crippen LogP contribution >= 0.6 is 39.0 Å². The molecule has 0 unspecified atom stereocenters. The quantitative estimate of drug-likeness (QED) is 0.122. The Bertz CT molecular complexity index is 2220. The van der Waals surface area contributed by atoms with Crippen LogP contribution in [0.25, 0.3) is 11.8 Å². The summed E-state index contributed by atoms with van der Waals surface area (Å²) < 4.78 is 14.3. The summed E-state index contributed by atoms with van der Waals surface area (Å²) in [7, 11) is 0. The first-order valence-corrected chi connectivity index (χ1v) is 17.6. The van der Waals surface area contributed by atoms with E-state index in [0.717, 1.165) is 27.1 Å². The molecule has 2 heterocycles. The molecule has 5 aromatic rings. The van der Waals surface area contributed by atoms with Crippen LogP contribution in [0, 0.1) is 11.3 Å². The SMILES string of the molecule is CCOC(=O)C1=C(c2ccccc2)N=c2s/c(=C\c3ccc(OCc4ccccc4C#N)c(Br)c3)c(=O)n2[C@@H]1c1ccc(SC)cc1. The standard InChI is InChI=1S/C37H28BrN3O4S2/c1-3-44-36(43)32-33(24-9-5-4-6-10-24)40-37-41(34(32)25-14-16-28(46-2)17-15-25)35(42)31(47-37)20-23-13-18-30(29(38)19-23)45-22-27-12-8-7-11-26(27)21-39/h4-20,34H,3,22H2,1-2H3/b31-20-/t34-/m1/s1. The van der Waals surface area contributed by atoms with Gasteiger partial charge in [-0.3, -0.25) is 9.36 Å². The number of benzene rings is 4. The molecule has 1 aromatic heterocycles. The predicted molar refractivity (Wildman–Crippen MR) is 189 cm³/mol. The second-order valence-electron chi connectivity index (χ2n) is 10.5. The van der Waals surface area contributed by atoms with Gasteiger partial charge >= 0.3 is 5.97 Å². The van der Waals surface area contributed by atoms with Crippen LogP contribution in [-0.2, 0) is 16.1 Å². The highest BCUT2D eigenvalue weighted by molar-refractivity contribution is 9.10. The minimum absolute atomic E-state index is 0.187. The molecule has 0 fully saturated rings. The number of carbonyl (C=O) groups is 1. The number of carbonyl (C=O) groups excluding carboxylic acids is 1. The molecule has 234 valence electrons. The van der Waals surface area contributed by atoms with Gasteiger partial charge in [0.1, 0.15) is 12.4 Å². The van der Waals surface area contributed by atoms with Gasteiger partial charge in [0.05, 0.1) is 44.6 Å². The van der Waals surface area contributed by atoms with E-state index in [4.69, 9.17) is 14.5 Å². The molecule has 1 aliphatic rings. The first-order valence-electron chi connectivity index (χ1n) is 14.7. The largest absolute Gasteiger partial charge is 0.488 e. The Hall–Kier alpha value is -4.69. The monoisotopic (exact) mass is 721 g/mol. The molecule has 0 saturated heterocycles. The molecule has 1 aliphatic heterocycles. The fraction of sp³-hybridized carbons (Fsp3) is 0.135. The molecule has 4 aromatic carbocycles. The number of fused-ring (bicyclic) bond motifs is 1. The van der Waals surface area contributed by atoms with E-state index in [9.17, 15) is 14.9 Å². The molecule has 0 aliphatic carbocycles. The van der Waals surface area contributed by atoms with Crippen molar-refractivity contribution in [1.29, 1.82) is 5.26 Å². The summed E-state index contributed by atoms with van der Waals surface area (Å²) in [5, 5.41) is 9.39. The number of nitrogens with zero attached hydrogens (tertiary/aromatic N) is 3. The maximum absolute atomic E-state index is 14.2. The molecule has 47 heavy (non-hydrogen) atoms. The van der Waals surface area contributed by atoms with E-state index in [2.05, 4.69) is 22.0 Å². The molecular formula is C37H28BrN3O4S2. The molecule has 0 bridgehead atoms. The fourth-order valence-corrected chi connectivity index (χ4v) is 7.25. The van der Waals surface area contributed by atoms with Crippen LogP contribution < -0.4 is 19.6 Å². The molecular weight excluding hydrogens is 694 g/mol. The van der Waals surface area contributed by atoms with E-state index in [1.165, 1.54) is 11.3 Å². The van der Waals surface area contributed by atoms with Gasteiger partial charge in [-0.15, -0.1) is 11.8 Å². The highest BCUT2D eigenvalue weighted by Crippen LogP contribution is 2.36. The van der Waals surface area contributed by atoms with Crippen LogP contribution in [0.2, 0.25) is 0 Å². The Morgan fingerprint density at radius 1 is 1.06 bits per heavy atom. The summed E-state index contributed by atoms with van der Waals surface area (Å²) in [6, 6.07) is 31.7. The van der Waals surface area contributed by atoms with Crippen molar-refractivity contribution in [3.05, 3.63) is 155 Å². The smallest absolute Gasteiger partial charge is 0.338 e. The van der Waals surface area contributed by atoms with E-state index in [0.29, 0.717) is 36.4 Å². The number of aromatic nitrogens is 1. The second kappa shape index (κ2) is 14.4. The predicted octanol–water partition coefficient (Wildman–Crippen LogP) is 6.87. The Labute approximate surface area is 288 Å². The molecule has 0 N–H and O–H groups in total. The number of hydrogen-bond donors (Lipinski definition) is 0. The zero-order valence-corrected chi connectivity index (χ0v) is 28.7. The number of ether oxygens (including phenoxy) is 2. The summed E-state index contributed by atoms with van der Waals surface area (Å²) in [5.41, 5.74) is 4.22. The van der Waals surface area contributed by atoms with Crippen molar-refractivity contribution in [1.82, 2.24) is 4.57 Å². The van der Waals surface area contributed by atoms with Crippen molar-refractivity contribution < 1.29 is 14.3 Å². The highest BCUT2D eigenvalue weighted by Gasteiger charge is 2.35. The maximum atomic E-state index is 14.2. The van der Waals surface area contributed by atoms with E-state index >= 15 is 0 Å². The van der Waals surface area contributed by atoms with Crippen molar-refractivity contribution in [3.8, 4) is 11.8 Å². The van der Waals surface area contributed by atoms with E-state index in [1.54, 1.807) is 29.3 Å². The summed E-state index contributed by atoms with van der Waals surface area (Å²) in [4.78, 5) is 34.3. The van der Waals surface area contributed by atoms with E-state index in [1.807, 2.05) is 103 Å². The third kappa shape index (κ3) is 6.74. The molecule has 6 rings (SSSR count). The summed E-state index contributed by atoms with van der Waals surface area (Å²) >= 11 is 6.49. The van der Waals surface area contributed by atoms with Gasteiger partial charge in [0.25, 0.3) is 5.56 Å².